The van der Waals surface area contributed by atoms with Crippen molar-refractivity contribution in [3.05, 3.63) is 69.3 Å². The van der Waals surface area contributed by atoms with Gasteiger partial charge in [-0.25, -0.2) is 0 Å². The van der Waals surface area contributed by atoms with Gasteiger partial charge in [0.2, 0.25) is 0 Å². The smallest absolute Gasteiger partial charge is 0.293 e. The van der Waals surface area contributed by atoms with E-state index in [1.807, 2.05) is 12.1 Å². The predicted octanol–water partition coefficient (Wildman–Crippen LogP) is 5.49. The van der Waals surface area contributed by atoms with E-state index in [0.717, 1.165) is 25.9 Å². The fraction of sp³-hybridized carbons (Fsp3) is 0.440. The minimum absolute atomic E-state index is 0.110. The summed E-state index contributed by atoms with van der Waals surface area (Å²) in [6.45, 7) is 5.98. The summed E-state index contributed by atoms with van der Waals surface area (Å²) in [4.78, 5) is 13.7. The number of benzene rings is 2. The van der Waals surface area contributed by atoms with Crippen LogP contribution in [-0.4, -0.2) is 21.4 Å². The summed E-state index contributed by atoms with van der Waals surface area (Å²) >= 11 is 0. The number of nitro benzene ring substituents is 1. The topological polar surface area (TPSA) is 58.4 Å². The molecule has 0 unspecified atom stereocenters. The number of hydrogen-bond acceptors (Lipinski definition) is 4. The Morgan fingerprint density at radius 3 is 2.37 bits per heavy atom. The molecule has 0 atom stereocenters. The van der Waals surface area contributed by atoms with Gasteiger partial charge in [0.05, 0.1) is 10.5 Å². The van der Waals surface area contributed by atoms with E-state index < -0.39 is 0 Å². The van der Waals surface area contributed by atoms with E-state index in [-0.39, 0.29) is 16.1 Å². The van der Waals surface area contributed by atoms with Crippen LogP contribution in [0.15, 0.2) is 42.5 Å². The van der Waals surface area contributed by atoms with Crippen molar-refractivity contribution in [1.82, 2.24) is 4.90 Å². The first-order valence-corrected chi connectivity index (χ1v) is 10.8. The van der Waals surface area contributed by atoms with Gasteiger partial charge in [-0.1, -0.05) is 55.4 Å². The van der Waals surface area contributed by atoms with Crippen molar-refractivity contribution in [3.63, 3.8) is 0 Å². The van der Waals surface area contributed by atoms with E-state index in [1.54, 1.807) is 6.07 Å². The molecule has 1 saturated carbocycles. The van der Waals surface area contributed by atoms with E-state index in [2.05, 4.69) is 60.2 Å². The van der Waals surface area contributed by atoms with Crippen LogP contribution in [0.3, 0.4) is 0 Å². The second-order valence-electron chi connectivity index (χ2n) is 8.90. The molecule has 0 bridgehead atoms. The molecule has 0 radical (unpaired) electrons. The lowest BCUT2D eigenvalue weighted by Gasteiger charge is -2.30. The predicted molar refractivity (Wildman–Crippen MR) is 120 cm³/mol. The monoisotopic (exact) mass is 403 g/mol. The van der Waals surface area contributed by atoms with Crippen LogP contribution in [0.5, 0.6) is 0 Å². The molecule has 5 nitrogen and oxygen atoms in total. The Kier molecular flexibility index (Phi) is 5.78. The summed E-state index contributed by atoms with van der Waals surface area (Å²) < 4.78 is 0. The van der Waals surface area contributed by atoms with Crippen molar-refractivity contribution in [3.8, 4) is 11.8 Å². The van der Waals surface area contributed by atoms with E-state index in [4.69, 9.17) is 0 Å². The van der Waals surface area contributed by atoms with Crippen LogP contribution in [0.2, 0.25) is 0 Å². The van der Waals surface area contributed by atoms with Crippen molar-refractivity contribution in [2.24, 2.45) is 0 Å². The van der Waals surface area contributed by atoms with Gasteiger partial charge in [-0.15, -0.1) is 0 Å². The zero-order valence-electron chi connectivity index (χ0n) is 17.8. The SMILES string of the molecule is CC(C)(C#Cc1ccc(NC2CCCCC2)c([N+](=O)[O-])c1)N1Cc2ccccc2C1. The quantitative estimate of drug-likeness (QED) is 0.417. The number of anilines is 1. The molecule has 1 fully saturated rings. The molecule has 0 aromatic heterocycles. The minimum Gasteiger partial charge on any atom is -0.377 e. The number of rotatable bonds is 4. The van der Waals surface area contributed by atoms with Gasteiger partial charge in [-0.2, -0.15) is 0 Å². The van der Waals surface area contributed by atoms with Crippen LogP contribution in [0, 0.1) is 22.0 Å². The summed E-state index contributed by atoms with van der Waals surface area (Å²) in [5.74, 6) is 6.54. The lowest BCUT2D eigenvalue weighted by Crippen LogP contribution is -2.38. The van der Waals surface area contributed by atoms with E-state index >= 15 is 0 Å². The molecule has 156 valence electrons. The average Bonchev–Trinajstić information content (AvgIpc) is 3.19. The van der Waals surface area contributed by atoms with Crippen LogP contribution in [0.25, 0.3) is 0 Å². The lowest BCUT2D eigenvalue weighted by molar-refractivity contribution is -0.384. The van der Waals surface area contributed by atoms with E-state index in [1.165, 1.54) is 30.4 Å². The van der Waals surface area contributed by atoms with Gasteiger partial charge >= 0.3 is 0 Å². The third-order valence-electron chi connectivity index (χ3n) is 6.30. The summed E-state index contributed by atoms with van der Waals surface area (Å²) in [7, 11) is 0. The number of fused-ring (bicyclic) bond motifs is 1. The first kappa shape index (κ1) is 20.4. The van der Waals surface area contributed by atoms with Crippen molar-refractivity contribution in [2.45, 2.75) is 70.6 Å². The van der Waals surface area contributed by atoms with Crippen molar-refractivity contribution >= 4 is 11.4 Å². The van der Waals surface area contributed by atoms with E-state index in [9.17, 15) is 10.1 Å². The first-order valence-electron chi connectivity index (χ1n) is 10.8. The maximum atomic E-state index is 11.7. The van der Waals surface area contributed by atoms with Gasteiger partial charge in [0.25, 0.3) is 5.69 Å². The third-order valence-corrected chi connectivity index (χ3v) is 6.30. The number of nitro groups is 1. The molecule has 2 aromatic rings. The molecule has 30 heavy (non-hydrogen) atoms. The lowest BCUT2D eigenvalue weighted by atomic mass is 9.95. The standard InChI is InChI=1S/C25H29N3O2/c1-25(2,27-17-20-8-6-7-9-21(20)18-27)15-14-19-12-13-23(24(16-19)28(29)30)26-22-10-4-3-5-11-22/h6-9,12-13,16,22,26H,3-5,10-11,17-18H2,1-2H3. The van der Waals surface area contributed by atoms with Gasteiger partial charge in [-0.3, -0.25) is 15.0 Å². The van der Waals surface area contributed by atoms with Crippen molar-refractivity contribution in [1.29, 1.82) is 0 Å². The Hall–Kier alpha value is -2.84. The van der Waals surface area contributed by atoms with Crippen LogP contribution < -0.4 is 5.32 Å². The van der Waals surface area contributed by atoms with Crippen molar-refractivity contribution < 1.29 is 4.92 Å². The Bertz CT molecular complexity index is 972. The highest BCUT2D eigenvalue weighted by molar-refractivity contribution is 5.65. The molecular formula is C25H29N3O2. The molecular weight excluding hydrogens is 374 g/mol. The molecule has 1 aliphatic carbocycles. The van der Waals surface area contributed by atoms with Crippen LogP contribution in [0.1, 0.15) is 62.6 Å². The molecule has 5 heteroatoms. The second-order valence-corrected chi connectivity index (χ2v) is 8.90. The fourth-order valence-corrected chi connectivity index (χ4v) is 4.38. The Labute approximate surface area is 178 Å². The number of nitrogens with zero attached hydrogens (tertiary/aromatic N) is 2. The molecule has 2 aliphatic rings. The summed E-state index contributed by atoms with van der Waals surface area (Å²) in [6, 6.07) is 14.1. The second kappa shape index (κ2) is 8.49. The fourth-order valence-electron chi connectivity index (χ4n) is 4.38. The van der Waals surface area contributed by atoms with Gasteiger partial charge < -0.3 is 5.32 Å². The van der Waals surface area contributed by atoms with Gasteiger partial charge in [0.1, 0.15) is 5.69 Å². The van der Waals surface area contributed by atoms with Crippen LogP contribution >= 0.6 is 0 Å². The zero-order chi connectivity index (χ0) is 21.1. The van der Waals surface area contributed by atoms with Gasteiger partial charge in [0, 0.05) is 30.8 Å². The summed E-state index contributed by atoms with van der Waals surface area (Å²) in [6.07, 6.45) is 5.78. The molecule has 1 heterocycles. The maximum absolute atomic E-state index is 11.7. The maximum Gasteiger partial charge on any atom is 0.293 e. The van der Waals surface area contributed by atoms with Gasteiger partial charge in [0.15, 0.2) is 0 Å². The minimum atomic E-state index is -0.327. The summed E-state index contributed by atoms with van der Waals surface area (Å²) in [5, 5.41) is 15.0. The normalized spacial score (nSPS) is 17.1. The zero-order valence-corrected chi connectivity index (χ0v) is 17.8. The Morgan fingerprint density at radius 1 is 1.07 bits per heavy atom. The van der Waals surface area contributed by atoms with E-state index in [0.29, 0.717) is 17.3 Å². The molecule has 0 amide bonds. The molecule has 0 spiro atoms. The Morgan fingerprint density at radius 2 is 1.73 bits per heavy atom. The van der Waals surface area contributed by atoms with Crippen molar-refractivity contribution in [2.75, 3.05) is 5.32 Å². The Balaban J connectivity index is 1.51. The largest absolute Gasteiger partial charge is 0.377 e. The molecule has 4 rings (SSSR count). The molecule has 0 saturated heterocycles. The molecule has 2 aromatic carbocycles. The van der Waals surface area contributed by atoms with Crippen LogP contribution in [-0.2, 0) is 13.1 Å². The first-order chi connectivity index (χ1) is 14.4. The van der Waals surface area contributed by atoms with Crippen LogP contribution in [0.4, 0.5) is 11.4 Å². The number of nitrogens with one attached hydrogen (secondary N) is 1. The summed E-state index contributed by atoms with van der Waals surface area (Å²) in [5.41, 5.74) is 3.76. The van der Waals surface area contributed by atoms with Gasteiger partial charge in [-0.05, 0) is 49.9 Å². The highest BCUT2D eigenvalue weighted by Gasteiger charge is 2.30. The highest BCUT2D eigenvalue weighted by atomic mass is 16.6. The highest BCUT2D eigenvalue weighted by Crippen LogP contribution is 2.31. The third kappa shape index (κ3) is 4.49. The average molecular weight is 404 g/mol. The number of hydrogen-bond donors (Lipinski definition) is 1. The molecule has 1 N–H and O–H groups in total. The molecule has 1 aliphatic heterocycles.